The number of hydrogen-bond donors (Lipinski definition) is 1. The lowest BCUT2D eigenvalue weighted by molar-refractivity contribution is 0.0477. The second-order valence-electron chi connectivity index (χ2n) is 7.18. The van der Waals surface area contributed by atoms with Crippen LogP contribution in [-0.2, 0) is 17.7 Å². The summed E-state index contributed by atoms with van der Waals surface area (Å²) >= 11 is 1.77. The summed E-state index contributed by atoms with van der Waals surface area (Å²) in [4.78, 5) is 18.9. The molecule has 0 radical (unpaired) electrons. The van der Waals surface area contributed by atoms with Crippen LogP contribution in [0.4, 0.5) is 4.79 Å². The zero-order chi connectivity index (χ0) is 16.9. The molecule has 0 unspecified atom stereocenters. The Morgan fingerprint density at radius 3 is 2.74 bits per heavy atom. The van der Waals surface area contributed by atoms with E-state index < -0.39 is 5.60 Å². The molecule has 0 aliphatic carbocycles. The topological polar surface area (TPSA) is 54.5 Å². The number of ether oxygens (including phenoxy) is 1. The Hall–Kier alpha value is -1.14. The molecule has 0 aromatic carbocycles. The van der Waals surface area contributed by atoms with Crippen LogP contribution >= 0.6 is 11.3 Å². The molecular weight excluding hydrogens is 310 g/mol. The first-order valence-corrected chi connectivity index (χ1v) is 9.39. The monoisotopic (exact) mass is 339 g/mol. The van der Waals surface area contributed by atoms with E-state index >= 15 is 0 Å². The van der Waals surface area contributed by atoms with Crippen molar-refractivity contribution in [2.75, 3.05) is 13.1 Å². The van der Waals surface area contributed by atoms with E-state index in [1.807, 2.05) is 20.8 Å². The quantitative estimate of drug-likeness (QED) is 0.891. The van der Waals surface area contributed by atoms with Gasteiger partial charge in [-0.05, 0) is 46.5 Å². The zero-order valence-corrected chi connectivity index (χ0v) is 15.5. The largest absolute Gasteiger partial charge is 0.444 e. The summed E-state index contributed by atoms with van der Waals surface area (Å²) in [6.45, 7) is 10.7. The minimum absolute atomic E-state index is 0.215. The van der Waals surface area contributed by atoms with Crippen LogP contribution in [0.2, 0.25) is 0 Å². The standard InChI is InChI=1S/C17H29N3O2S/c1-5-6-15-18-14(12-23-15)11-20-9-7-13(8-10-20)19-16(21)22-17(2,3)4/h12-13H,5-11H2,1-4H3,(H,19,21). The first-order valence-electron chi connectivity index (χ1n) is 8.51. The summed E-state index contributed by atoms with van der Waals surface area (Å²) in [6.07, 6.45) is 3.84. The number of piperidine rings is 1. The van der Waals surface area contributed by atoms with E-state index in [2.05, 4.69) is 27.5 Å². The second kappa shape index (κ2) is 8.11. The summed E-state index contributed by atoms with van der Waals surface area (Å²) in [5.74, 6) is 0. The normalized spacial score (nSPS) is 17.2. The van der Waals surface area contributed by atoms with Crippen molar-refractivity contribution in [3.63, 3.8) is 0 Å². The molecule has 1 amide bonds. The molecule has 1 saturated heterocycles. The van der Waals surface area contributed by atoms with Crippen LogP contribution in [0.1, 0.15) is 57.7 Å². The van der Waals surface area contributed by atoms with Crippen LogP contribution in [-0.4, -0.2) is 40.7 Å². The fourth-order valence-corrected chi connectivity index (χ4v) is 3.58. The number of amides is 1. The number of hydrogen-bond acceptors (Lipinski definition) is 5. The van der Waals surface area contributed by atoms with Crippen molar-refractivity contribution in [1.82, 2.24) is 15.2 Å². The molecule has 1 fully saturated rings. The van der Waals surface area contributed by atoms with E-state index in [9.17, 15) is 4.79 Å². The Bertz CT molecular complexity index is 502. The lowest BCUT2D eigenvalue weighted by Gasteiger charge is -2.32. The van der Waals surface area contributed by atoms with Crippen molar-refractivity contribution in [2.24, 2.45) is 0 Å². The number of nitrogens with one attached hydrogen (secondary N) is 1. The molecule has 2 rings (SSSR count). The van der Waals surface area contributed by atoms with Gasteiger partial charge >= 0.3 is 6.09 Å². The van der Waals surface area contributed by atoms with E-state index in [-0.39, 0.29) is 12.1 Å². The van der Waals surface area contributed by atoms with E-state index in [0.717, 1.165) is 45.3 Å². The van der Waals surface area contributed by atoms with Crippen LogP contribution in [0.5, 0.6) is 0 Å². The van der Waals surface area contributed by atoms with Gasteiger partial charge in [0.25, 0.3) is 0 Å². The molecule has 0 spiro atoms. The number of likely N-dealkylation sites (tertiary alicyclic amines) is 1. The van der Waals surface area contributed by atoms with Gasteiger partial charge in [-0.15, -0.1) is 11.3 Å². The Balaban J connectivity index is 1.72. The average Bonchev–Trinajstić information content (AvgIpc) is 2.87. The lowest BCUT2D eigenvalue weighted by Crippen LogP contribution is -2.45. The number of thiazole rings is 1. The zero-order valence-electron chi connectivity index (χ0n) is 14.7. The minimum Gasteiger partial charge on any atom is -0.444 e. The highest BCUT2D eigenvalue weighted by Gasteiger charge is 2.23. The molecular formula is C17H29N3O2S. The number of nitrogens with zero attached hydrogens (tertiary/aromatic N) is 2. The van der Waals surface area contributed by atoms with Gasteiger partial charge in [0.2, 0.25) is 0 Å². The molecule has 1 aromatic rings. The summed E-state index contributed by atoms with van der Waals surface area (Å²) in [6, 6.07) is 0.215. The van der Waals surface area contributed by atoms with Gasteiger partial charge in [-0.2, -0.15) is 0 Å². The molecule has 1 aliphatic heterocycles. The maximum atomic E-state index is 11.8. The molecule has 0 bridgehead atoms. The molecule has 130 valence electrons. The number of aryl methyl sites for hydroxylation is 1. The van der Waals surface area contributed by atoms with Crippen LogP contribution in [0.25, 0.3) is 0 Å². The van der Waals surface area contributed by atoms with Crippen LogP contribution in [0.15, 0.2) is 5.38 Å². The summed E-state index contributed by atoms with van der Waals surface area (Å²) in [5, 5.41) is 6.40. The molecule has 2 heterocycles. The predicted molar refractivity (Wildman–Crippen MR) is 93.8 cm³/mol. The predicted octanol–water partition coefficient (Wildman–Crippen LogP) is 3.58. The molecule has 0 saturated carbocycles. The Labute approximate surface area is 143 Å². The number of rotatable bonds is 5. The van der Waals surface area contributed by atoms with Gasteiger partial charge in [0.05, 0.1) is 10.7 Å². The van der Waals surface area contributed by atoms with Gasteiger partial charge in [0.15, 0.2) is 0 Å². The van der Waals surface area contributed by atoms with Crippen molar-refractivity contribution >= 4 is 17.4 Å². The molecule has 23 heavy (non-hydrogen) atoms. The lowest BCUT2D eigenvalue weighted by atomic mass is 10.1. The van der Waals surface area contributed by atoms with Gasteiger partial charge in [-0.25, -0.2) is 9.78 Å². The third-order valence-corrected chi connectivity index (χ3v) is 4.71. The van der Waals surface area contributed by atoms with Crippen molar-refractivity contribution < 1.29 is 9.53 Å². The molecule has 1 aliphatic rings. The van der Waals surface area contributed by atoms with Gasteiger partial charge in [-0.3, -0.25) is 4.90 Å². The van der Waals surface area contributed by atoms with Crippen molar-refractivity contribution in [2.45, 2.75) is 71.6 Å². The molecule has 5 nitrogen and oxygen atoms in total. The average molecular weight is 340 g/mol. The third kappa shape index (κ3) is 6.47. The van der Waals surface area contributed by atoms with Gasteiger partial charge < -0.3 is 10.1 Å². The Morgan fingerprint density at radius 1 is 1.43 bits per heavy atom. The summed E-state index contributed by atoms with van der Waals surface area (Å²) in [7, 11) is 0. The number of carbonyl (C=O) groups excluding carboxylic acids is 1. The van der Waals surface area contributed by atoms with Gasteiger partial charge in [0, 0.05) is 31.1 Å². The Kier molecular flexibility index (Phi) is 6.41. The summed E-state index contributed by atoms with van der Waals surface area (Å²) < 4.78 is 5.32. The second-order valence-corrected chi connectivity index (χ2v) is 8.12. The third-order valence-electron chi connectivity index (χ3n) is 3.76. The highest BCUT2D eigenvalue weighted by molar-refractivity contribution is 7.09. The van der Waals surface area contributed by atoms with E-state index in [0.29, 0.717) is 0 Å². The summed E-state index contributed by atoms with van der Waals surface area (Å²) in [5.41, 5.74) is 0.739. The van der Waals surface area contributed by atoms with Crippen LogP contribution in [0.3, 0.4) is 0 Å². The number of aromatic nitrogens is 1. The fraction of sp³-hybridized carbons (Fsp3) is 0.765. The van der Waals surface area contributed by atoms with E-state index in [4.69, 9.17) is 4.74 Å². The van der Waals surface area contributed by atoms with Gasteiger partial charge in [-0.1, -0.05) is 6.92 Å². The molecule has 0 atom stereocenters. The van der Waals surface area contributed by atoms with Crippen molar-refractivity contribution in [3.05, 3.63) is 16.1 Å². The van der Waals surface area contributed by atoms with E-state index in [1.165, 1.54) is 10.7 Å². The SMILES string of the molecule is CCCc1nc(CN2CCC(NC(=O)OC(C)(C)C)CC2)cs1. The first-order chi connectivity index (χ1) is 10.9. The maximum Gasteiger partial charge on any atom is 0.407 e. The molecule has 1 N–H and O–H groups in total. The highest BCUT2D eigenvalue weighted by atomic mass is 32.1. The molecule has 6 heteroatoms. The Morgan fingerprint density at radius 2 is 2.13 bits per heavy atom. The fourth-order valence-electron chi connectivity index (χ4n) is 2.69. The van der Waals surface area contributed by atoms with Crippen molar-refractivity contribution in [1.29, 1.82) is 0 Å². The van der Waals surface area contributed by atoms with Crippen LogP contribution < -0.4 is 5.32 Å². The maximum absolute atomic E-state index is 11.8. The van der Waals surface area contributed by atoms with Crippen LogP contribution in [0, 0.1) is 0 Å². The van der Waals surface area contributed by atoms with Gasteiger partial charge in [0.1, 0.15) is 5.60 Å². The first kappa shape index (κ1) is 18.2. The number of alkyl carbamates (subject to hydrolysis) is 1. The smallest absolute Gasteiger partial charge is 0.407 e. The minimum atomic E-state index is -0.439. The van der Waals surface area contributed by atoms with E-state index in [1.54, 1.807) is 11.3 Å². The van der Waals surface area contributed by atoms with Crippen molar-refractivity contribution in [3.8, 4) is 0 Å². The highest BCUT2D eigenvalue weighted by Crippen LogP contribution is 2.17. The molecule has 1 aromatic heterocycles. The number of carbonyl (C=O) groups is 1.